The molecule has 2 rings (SSSR count). The summed E-state index contributed by atoms with van der Waals surface area (Å²) in [4.78, 5) is 0.449. The van der Waals surface area contributed by atoms with E-state index in [-0.39, 0.29) is 11.4 Å². The minimum Gasteiger partial charge on any atom is -0.398 e. The first-order valence-corrected chi connectivity index (χ1v) is 7.80. The van der Waals surface area contributed by atoms with Gasteiger partial charge in [0, 0.05) is 12.2 Å². The van der Waals surface area contributed by atoms with Crippen LogP contribution in [0.25, 0.3) is 0 Å². The Bertz CT molecular complexity index is 627. The molecule has 0 aliphatic heterocycles. The lowest BCUT2D eigenvalue weighted by molar-refractivity contribution is 0.475. The SMILES string of the molecule is CCC(C)n1ccc(CS(=O)c2ccc(F)cc2N)n1. The number of nitrogens with two attached hydrogens (primary N) is 1. The van der Waals surface area contributed by atoms with Gasteiger partial charge in [-0.2, -0.15) is 5.10 Å². The molecule has 0 bridgehead atoms. The summed E-state index contributed by atoms with van der Waals surface area (Å²) < 4.78 is 27.1. The maximum atomic E-state index is 13.0. The van der Waals surface area contributed by atoms with Crippen molar-refractivity contribution in [1.82, 2.24) is 9.78 Å². The van der Waals surface area contributed by atoms with E-state index < -0.39 is 16.6 Å². The number of nitrogens with zero attached hydrogens (tertiary/aromatic N) is 2. The minimum absolute atomic E-state index is 0.213. The van der Waals surface area contributed by atoms with E-state index in [2.05, 4.69) is 18.9 Å². The number of hydrogen-bond donors (Lipinski definition) is 1. The van der Waals surface area contributed by atoms with Gasteiger partial charge in [0.05, 0.1) is 32.8 Å². The smallest absolute Gasteiger partial charge is 0.125 e. The predicted octanol–water partition coefficient (Wildman–Crippen LogP) is 2.88. The van der Waals surface area contributed by atoms with E-state index in [1.165, 1.54) is 18.2 Å². The van der Waals surface area contributed by atoms with Crippen LogP contribution in [-0.4, -0.2) is 14.0 Å². The zero-order valence-corrected chi connectivity index (χ0v) is 12.4. The molecule has 0 saturated heterocycles. The summed E-state index contributed by atoms with van der Waals surface area (Å²) in [5.41, 5.74) is 6.65. The van der Waals surface area contributed by atoms with Gasteiger partial charge < -0.3 is 5.73 Å². The third-order valence-electron chi connectivity index (χ3n) is 3.20. The van der Waals surface area contributed by atoms with E-state index in [9.17, 15) is 8.60 Å². The molecule has 0 aliphatic rings. The van der Waals surface area contributed by atoms with Crippen LogP contribution >= 0.6 is 0 Å². The highest BCUT2D eigenvalue weighted by atomic mass is 32.2. The molecule has 0 aliphatic carbocycles. The molecule has 1 aromatic heterocycles. The Morgan fingerprint density at radius 3 is 2.85 bits per heavy atom. The lowest BCUT2D eigenvalue weighted by Crippen LogP contribution is -2.06. The van der Waals surface area contributed by atoms with Crippen LogP contribution in [0, 0.1) is 5.82 Å². The van der Waals surface area contributed by atoms with Gasteiger partial charge in [-0.3, -0.25) is 8.89 Å². The molecule has 2 N–H and O–H groups in total. The first kappa shape index (κ1) is 14.7. The molecule has 2 atom stereocenters. The van der Waals surface area contributed by atoms with Crippen LogP contribution in [0.1, 0.15) is 32.0 Å². The number of aromatic nitrogens is 2. The molecule has 1 heterocycles. The molecule has 108 valence electrons. The summed E-state index contributed by atoms with van der Waals surface area (Å²) >= 11 is 0. The molecule has 2 aromatic rings. The van der Waals surface area contributed by atoms with Gasteiger partial charge >= 0.3 is 0 Å². The van der Waals surface area contributed by atoms with Crippen LogP contribution in [0.2, 0.25) is 0 Å². The third kappa shape index (κ3) is 3.25. The maximum absolute atomic E-state index is 13.0. The van der Waals surface area contributed by atoms with Crippen molar-refractivity contribution in [2.45, 2.75) is 37.0 Å². The Morgan fingerprint density at radius 2 is 2.20 bits per heavy atom. The second-order valence-corrected chi connectivity index (χ2v) is 6.14. The fourth-order valence-corrected chi connectivity index (χ4v) is 2.95. The molecule has 20 heavy (non-hydrogen) atoms. The van der Waals surface area contributed by atoms with E-state index >= 15 is 0 Å². The Hall–Kier alpha value is -1.69. The molecule has 0 amide bonds. The first-order chi connectivity index (χ1) is 9.51. The molecule has 4 nitrogen and oxygen atoms in total. The van der Waals surface area contributed by atoms with Crippen molar-refractivity contribution in [2.75, 3.05) is 5.73 Å². The van der Waals surface area contributed by atoms with Crippen LogP contribution in [0.3, 0.4) is 0 Å². The third-order valence-corrected chi connectivity index (χ3v) is 4.62. The van der Waals surface area contributed by atoms with Gasteiger partial charge in [0.1, 0.15) is 5.82 Å². The van der Waals surface area contributed by atoms with Crippen molar-refractivity contribution in [3.8, 4) is 0 Å². The zero-order chi connectivity index (χ0) is 14.7. The fraction of sp³-hybridized carbons (Fsp3) is 0.357. The molecular formula is C14H18FN3OS. The number of rotatable bonds is 5. The van der Waals surface area contributed by atoms with Gasteiger partial charge in [0.2, 0.25) is 0 Å². The summed E-state index contributed by atoms with van der Waals surface area (Å²) in [5, 5.41) is 4.40. The summed E-state index contributed by atoms with van der Waals surface area (Å²) in [6.45, 7) is 4.16. The molecule has 0 radical (unpaired) electrons. The van der Waals surface area contributed by atoms with Crippen molar-refractivity contribution in [2.24, 2.45) is 0 Å². The van der Waals surface area contributed by atoms with Crippen LogP contribution < -0.4 is 5.73 Å². The Kier molecular flexibility index (Phi) is 4.54. The highest BCUT2D eigenvalue weighted by Crippen LogP contribution is 2.20. The van der Waals surface area contributed by atoms with E-state index in [1.807, 2.05) is 16.9 Å². The van der Waals surface area contributed by atoms with Crippen LogP contribution in [0.5, 0.6) is 0 Å². The van der Waals surface area contributed by atoms with E-state index in [0.717, 1.165) is 12.1 Å². The lowest BCUT2D eigenvalue weighted by Gasteiger charge is -2.08. The molecule has 0 spiro atoms. The van der Waals surface area contributed by atoms with Gasteiger partial charge in [0.15, 0.2) is 0 Å². The summed E-state index contributed by atoms with van der Waals surface area (Å²) in [7, 11) is -1.32. The van der Waals surface area contributed by atoms with Gasteiger partial charge in [-0.1, -0.05) is 6.92 Å². The van der Waals surface area contributed by atoms with Crippen molar-refractivity contribution < 1.29 is 8.60 Å². The second kappa shape index (κ2) is 6.17. The number of halogens is 1. The number of hydrogen-bond acceptors (Lipinski definition) is 3. The molecule has 1 aromatic carbocycles. The van der Waals surface area contributed by atoms with Crippen molar-refractivity contribution >= 4 is 16.5 Å². The van der Waals surface area contributed by atoms with E-state index in [1.54, 1.807) is 0 Å². The van der Waals surface area contributed by atoms with Crippen LogP contribution in [-0.2, 0) is 16.6 Å². The Morgan fingerprint density at radius 1 is 1.45 bits per heavy atom. The van der Waals surface area contributed by atoms with Gasteiger partial charge in [-0.15, -0.1) is 0 Å². The number of benzene rings is 1. The summed E-state index contributed by atoms with van der Waals surface area (Å²) in [6.07, 6.45) is 2.86. The Balaban J connectivity index is 2.13. The van der Waals surface area contributed by atoms with E-state index in [0.29, 0.717) is 10.9 Å². The van der Waals surface area contributed by atoms with Crippen molar-refractivity contribution in [3.05, 3.63) is 42.0 Å². The molecule has 0 fully saturated rings. The standard InChI is InChI=1S/C14H18FN3OS/c1-3-10(2)18-7-6-12(17-18)9-20(19)14-5-4-11(15)8-13(14)16/h4-8,10H,3,9,16H2,1-2H3. The highest BCUT2D eigenvalue weighted by Gasteiger charge is 2.12. The van der Waals surface area contributed by atoms with Gasteiger partial charge in [0.25, 0.3) is 0 Å². The monoisotopic (exact) mass is 295 g/mol. The lowest BCUT2D eigenvalue weighted by atomic mass is 10.3. The normalized spacial score (nSPS) is 14.2. The number of anilines is 1. The fourth-order valence-electron chi connectivity index (χ4n) is 1.83. The Labute approximate surface area is 120 Å². The molecule has 0 saturated carbocycles. The van der Waals surface area contributed by atoms with Crippen molar-refractivity contribution in [1.29, 1.82) is 0 Å². The zero-order valence-electron chi connectivity index (χ0n) is 11.5. The summed E-state index contributed by atoms with van der Waals surface area (Å²) in [6, 6.07) is 6.08. The highest BCUT2D eigenvalue weighted by molar-refractivity contribution is 7.84. The average molecular weight is 295 g/mol. The maximum Gasteiger partial charge on any atom is 0.125 e. The van der Waals surface area contributed by atoms with E-state index in [4.69, 9.17) is 5.73 Å². The van der Waals surface area contributed by atoms with Crippen LogP contribution in [0.4, 0.5) is 10.1 Å². The van der Waals surface area contributed by atoms with Gasteiger partial charge in [-0.25, -0.2) is 4.39 Å². The molecule has 6 heteroatoms. The first-order valence-electron chi connectivity index (χ1n) is 6.48. The largest absolute Gasteiger partial charge is 0.398 e. The second-order valence-electron chi connectivity index (χ2n) is 4.72. The van der Waals surface area contributed by atoms with Gasteiger partial charge in [-0.05, 0) is 37.6 Å². The van der Waals surface area contributed by atoms with Crippen molar-refractivity contribution in [3.63, 3.8) is 0 Å². The summed E-state index contributed by atoms with van der Waals surface area (Å²) in [5.74, 6) is -0.150. The number of nitrogen functional groups attached to an aromatic ring is 1. The topological polar surface area (TPSA) is 60.9 Å². The quantitative estimate of drug-likeness (QED) is 0.863. The molecular weight excluding hydrogens is 277 g/mol. The minimum atomic E-state index is -1.32. The predicted molar refractivity (Wildman–Crippen MR) is 78.2 cm³/mol. The van der Waals surface area contributed by atoms with Crippen LogP contribution in [0.15, 0.2) is 35.4 Å². The molecule has 2 unspecified atom stereocenters. The average Bonchev–Trinajstić information content (AvgIpc) is 2.86.